The van der Waals surface area contributed by atoms with Crippen LogP contribution in [0.4, 0.5) is 27.6 Å². The van der Waals surface area contributed by atoms with Crippen molar-refractivity contribution < 1.29 is 26.7 Å². The Kier molecular flexibility index (Phi) is 4.11. The molecule has 0 radical (unpaired) electrons. The minimum absolute atomic E-state index is 0.0396. The Balaban J connectivity index is 2.33. The van der Waals surface area contributed by atoms with Crippen molar-refractivity contribution in [2.45, 2.75) is 13.1 Å². The summed E-state index contributed by atoms with van der Waals surface area (Å²) >= 11 is 0. The van der Waals surface area contributed by atoms with Crippen LogP contribution in [0.1, 0.15) is 21.6 Å². The largest absolute Gasteiger partial charge is 0.419 e. The quantitative estimate of drug-likeness (QED) is 0.853. The molecule has 3 nitrogen and oxygen atoms in total. The fourth-order valence-corrected chi connectivity index (χ4v) is 1.76. The summed E-state index contributed by atoms with van der Waals surface area (Å²) in [6.07, 6.45) is -3.66. The molecule has 0 saturated heterocycles. The van der Waals surface area contributed by atoms with Crippen molar-refractivity contribution in [1.29, 1.82) is 0 Å². The first-order valence-corrected chi connectivity index (χ1v) is 5.98. The van der Waals surface area contributed by atoms with Gasteiger partial charge in [0.25, 0.3) is 5.91 Å². The summed E-state index contributed by atoms with van der Waals surface area (Å²) in [5.41, 5.74) is -1.75. The Hall–Kier alpha value is -2.51. The number of hydrogen-bond donors (Lipinski definition) is 1. The van der Waals surface area contributed by atoms with Gasteiger partial charge in [-0.25, -0.2) is 8.78 Å². The lowest BCUT2D eigenvalue weighted by atomic mass is 10.1. The number of carbonyl (C=O) groups excluding carboxylic acids is 1. The highest BCUT2D eigenvalue weighted by atomic mass is 19.4. The first kappa shape index (κ1) is 15.9. The van der Waals surface area contributed by atoms with Crippen molar-refractivity contribution in [3.8, 4) is 0 Å². The zero-order valence-corrected chi connectivity index (χ0v) is 11.1. The highest BCUT2D eigenvalue weighted by molar-refractivity contribution is 6.04. The highest BCUT2D eigenvalue weighted by Crippen LogP contribution is 2.32. The maximum atomic E-state index is 13.7. The molecule has 0 unspecified atom stereocenters. The average Bonchev–Trinajstić information content (AvgIpc) is 2.39. The third kappa shape index (κ3) is 3.38. The Labute approximate surface area is 121 Å². The number of aromatic nitrogens is 1. The van der Waals surface area contributed by atoms with E-state index in [1.807, 2.05) is 0 Å². The van der Waals surface area contributed by atoms with Crippen LogP contribution < -0.4 is 5.32 Å². The minimum Gasteiger partial charge on any atom is -0.322 e. The number of amides is 1. The second-order valence-corrected chi connectivity index (χ2v) is 4.45. The molecule has 116 valence electrons. The minimum atomic E-state index is -5.04. The molecule has 2 aromatic rings. The molecule has 1 heterocycles. The Morgan fingerprint density at radius 3 is 2.41 bits per heavy atom. The number of carbonyl (C=O) groups is 1. The van der Waals surface area contributed by atoms with Crippen LogP contribution in [0.3, 0.4) is 0 Å². The molecule has 22 heavy (non-hydrogen) atoms. The van der Waals surface area contributed by atoms with Gasteiger partial charge in [0.1, 0.15) is 11.6 Å². The van der Waals surface area contributed by atoms with E-state index in [4.69, 9.17) is 0 Å². The Morgan fingerprint density at radius 2 is 1.82 bits per heavy atom. The van der Waals surface area contributed by atoms with Gasteiger partial charge in [0, 0.05) is 17.6 Å². The number of rotatable bonds is 2. The normalized spacial score (nSPS) is 11.4. The summed E-state index contributed by atoms with van der Waals surface area (Å²) in [5.74, 6) is -4.24. The zero-order chi connectivity index (χ0) is 16.5. The monoisotopic (exact) mass is 316 g/mol. The third-order valence-corrected chi connectivity index (χ3v) is 2.76. The van der Waals surface area contributed by atoms with E-state index in [2.05, 4.69) is 10.3 Å². The van der Waals surface area contributed by atoms with E-state index in [0.717, 1.165) is 0 Å². The molecule has 0 aliphatic carbocycles. The summed E-state index contributed by atoms with van der Waals surface area (Å²) in [6.45, 7) is 1.65. The van der Waals surface area contributed by atoms with Gasteiger partial charge in [0.05, 0.1) is 11.1 Å². The Bertz CT molecular complexity index is 728. The van der Waals surface area contributed by atoms with Crippen LogP contribution >= 0.6 is 0 Å². The zero-order valence-electron chi connectivity index (χ0n) is 11.1. The van der Waals surface area contributed by atoms with E-state index in [-0.39, 0.29) is 17.8 Å². The molecule has 0 atom stereocenters. The van der Waals surface area contributed by atoms with Gasteiger partial charge in [0.2, 0.25) is 0 Å². The van der Waals surface area contributed by atoms with Crippen molar-refractivity contribution in [1.82, 2.24) is 4.98 Å². The van der Waals surface area contributed by atoms with E-state index >= 15 is 0 Å². The van der Waals surface area contributed by atoms with Gasteiger partial charge in [-0.05, 0) is 31.2 Å². The topological polar surface area (TPSA) is 42.0 Å². The summed E-state index contributed by atoms with van der Waals surface area (Å²) in [7, 11) is 0. The molecule has 0 aliphatic rings. The molecule has 1 N–H and O–H groups in total. The first-order chi connectivity index (χ1) is 10.2. The third-order valence-electron chi connectivity index (χ3n) is 2.76. The fourth-order valence-electron chi connectivity index (χ4n) is 1.76. The lowest BCUT2D eigenvalue weighted by molar-refractivity contribution is -0.140. The van der Waals surface area contributed by atoms with E-state index in [0.29, 0.717) is 5.69 Å². The number of anilines is 1. The van der Waals surface area contributed by atoms with Crippen LogP contribution in [-0.2, 0) is 6.18 Å². The smallest absolute Gasteiger partial charge is 0.322 e. The average molecular weight is 316 g/mol. The molecule has 1 amide bonds. The van der Waals surface area contributed by atoms with Gasteiger partial charge in [-0.2, -0.15) is 13.2 Å². The molecule has 1 aromatic heterocycles. The van der Waals surface area contributed by atoms with E-state index in [9.17, 15) is 26.7 Å². The number of benzene rings is 1. The summed E-state index contributed by atoms with van der Waals surface area (Å²) in [5, 5.41) is 2.26. The van der Waals surface area contributed by atoms with Crippen LogP contribution in [0.2, 0.25) is 0 Å². The number of nitrogens with zero attached hydrogens (tertiary/aromatic N) is 1. The van der Waals surface area contributed by atoms with Gasteiger partial charge in [-0.1, -0.05) is 0 Å². The highest BCUT2D eigenvalue weighted by Gasteiger charge is 2.35. The van der Waals surface area contributed by atoms with Crippen LogP contribution in [0.25, 0.3) is 0 Å². The molecule has 8 heteroatoms. The fraction of sp³-hybridized carbons (Fsp3) is 0.143. The van der Waals surface area contributed by atoms with Gasteiger partial charge in [-0.3, -0.25) is 9.78 Å². The maximum Gasteiger partial charge on any atom is 0.419 e. The van der Waals surface area contributed by atoms with Crippen LogP contribution in [0.5, 0.6) is 0 Å². The molecule has 1 aromatic carbocycles. The molecular weight excluding hydrogens is 307 g/mol. The van der Waals surface area contributed by atoms with E-state index in [1.165, 1.54) is 18.3 Å². The number of aryl methyl sites for hydroxylation is 1. The number of nitrogens with one attached hydrogen (secondary N) is 1. The number of alkyl halides is 3. The predicted octanol–water partition coefficient (Wildman–Crippen LogP) is 3.94. The number of halogens is 5. The van der Waals surface area contributed by atoms with Crippen molar-refractivity contribution in [2.75, 3.05) is 5.32 Å². The molecular formula is C14H9F5N2O. The van der Waals surface area contributed by atoms with Crippen molar-refractivity contribution in [3.05, 3.63) is 58.9 Å². The van der Waals surface area contributed by atoms with Crippen molar-refractivity contribution >= 4 is 11.6 Å². The maximum absolute atomic E-state index is 13.7. The summed E-state index contributed by atoms with van der Waals surface area (Å²) < 4.78 is 64.4. The number of hydrogen-bond acceptors (Lipinski definition) is 2. The van der Waals surface area contributed by atoms with E-state index in [1.54, 1.807) is 6.92 Å². The lowest BCUT2D eigenvalue weighted by Crippen LogP contribution is -2.17. The standard InChI is InChI=1S/C14H9F5N2O/c1-7-4-8(2-3-20-7)21-13(22)9-5-12(16)10(6-11(9)15)14(17,18)19/h2-6H,1H3,(H,20,21,22). The van der Waals surface area contributed by atoms with Crippen molar-refractivity contribution in [3.63, 3.8) is 0 Å². The molecule has 0 spiro atoms. The number of pyridine rings is 1. The predicted molar refractivity (Wildman–Crippen MR) is 68.3 cm³/mol. The van der Waals surface area contributed by atoms with Gasteiger partial charge >= 0.3 is 6.18 Å². The first-order valence-electron chi connectivity index (χ1n) is 5.98. The molecule has 0 aliphatic heterocycles. The van der Waals surface area contributed by atoms with Crippen LogP contribution in [0, 0.1) is 18.6 Å². The van der Waals surface area contributed by atoms with Gasteiger partial charge in [0.15, 0.2) is 0 Å². The van der Waals surface area contributed by atoms with Crippen molar-refractivity contribution in [2.24, 2.45) is 0 Å². The van der Waals surface area contributed by atoms with Gasteiger partial charge < -0.3 is 5.32 Å². The van der Waals surface area contributed by atoms with Crippen LogP contribution in [0.15, 0.2) is 30.5 Å². The van der Waals surface area contributed by atoms with Crippen LogP contribution in [-0.4, -0.2) is 10.9 Å². The Morgan fingerprint density at radius 1 is 1.14 bits per heavy atom. The SMILES string of the molecule is Cc1cc(NC(=O)c2cc(F)c(C(F)(F)F)cc2F)ccn1. The summed E-state index contributed by atoms with van der Waals surface area (Å²) in [6, 6.07) is 3.06. The molecule has 0 fully saturated rings. The molecule has 0 saturated carbocycles. The van der Waals surface area contributed by atoms with Gasteiger partial charge in [-0.15, -0.1) is 0 Å². The van der Waals surface area contributed by atoms with E-state index < -0.39 is 34.8 Å². The summed E-state index contributed by atoms with van der Waals surface area (Å²) in [4.78, 5) is 15.7. The second-order valence-electron chi connectivity index (χ2n) is 4.45. The second kappa shape index (κ2) is 5.70. The molecule has 0 bridgehead atoms. The molecule has 2 rings (SSSR count). The lowest BCUT2D eigenvalue weighted by Gasteiger charge is -2.11.